The van der Waals surface area contributed by atoms with E-state index in [1.807, 2.05) is 18.2 Å². The molecule has 94 valence electrons. The van der Waals surface area contributed by atoms with E-state index in [1.54, 1.807) is 6.08 Å². The average molecular weight is 264 g/mol. The summed E-state index contributed by atoms with van der Waals surface area (Å²) in [4.78, 5) is 14.3. The van der Waals surface area contributed by atoms with Gasteiger partial charge < -0.3 is 4.74 Å². The number of hydrogen-bond acceptors (Lipinski definition) is 3. The molecule has 4 heteroatoms. The fourth-order valence-electron chi connectivity index (χ4n) is 2.07. The fraction of sp³-hybridized carbons (Fsp3) is 0.500. The Morgan fingerprint density at radius 1 is 1.44 bits per heavy atom. The molecule has 0 N–H and O–H groups in total. The van der Waals surface area contributed by atoms with E-state index in [-0.39, 0.29) is 5.54 Å². The lowest BCUT2D eigenvalue weighted by Crippen LogP contribution is -2.04. The van der Waals surface area contributed by atoms with Crippen molar-refractivity contribution in [1.29, 1.82) is 0 Å². The van der Waals surface area contributed by atoms with Crippen LogP contribution < -0.4 is 4.74 Å². The quantitative estimate of drug-likeness (QED) is 0.603. The van der Waals surface area contributed by atoms with Crippen LogP contribution in [-0.2, 0) is 10.3 Å². The third kappa shape index (κ3) is 2.29. The molecule has 3 rings (SSSR count). The van der Waals surface area contributed by atoms with Crippen LogP contribution in [0, 0.1) is 5.92 Å². The molecule has 2 fully saturated rings. The highest BCUT2D eigenvalue weighted by Crippen LogP contribution is 2.50. The first kappa shape index (κ1) is 11.8. The van der Waals surface area contributed by atoms with Crippen molar-refractivity contribution in [3.05, 3.63) is 28.8 Å². The lowest BCUT2D eigenvalue weighted by molar-refractivity contribution is 0.300. The molecule has 3 nitrogen and oxygen atoms in total. The molecule has 2 saturated carbocycles. The summed E-state index contributed by atoms with van der Waals surface area (Å²) in [6.07, 6.45) is 5.95. The van der Waals surface area contributed by atoms with E-state index in [2.05, 4.69) is 4.99 Å². The average Bonchev–Trinajstić information content (AvgIpc) is 3.23. The summed E-state index contributed by atoms with van der Waals surface area (Å²) in [6, 6.07) is 5.68. The van der Waals surface area contributed by atoms with E-state index in [1.165, 1.54) is 12.8 Å². The van der Waals surface area contributed by atoms with Crippen molar-refractivity contribution in [3.63, 3.8) is 0 Å². The van der Waals surface area contributed by atoms with Gasteiger partial charge in [0.25, 0.3) is 0 Å². The van der Waals surface area contributed by atoms with Crippen molar-refractivity contribution in [3.8, 4) is 5.75 Å². The minimum atomic E-state index is -0.361. The highest BCUT2D eigenvalue weighted by Gasteiger charge is 2.45. The molecule has 0 heterocycles. The minimum Gasteiger partial charge on any atom is -0.492 e. The van der Waals surface area contributed by atoms with E-state index in [0.717, 1.165) is 30.8 Å². The topological polar surface area (TPSA) is 38.7 Å². The van der Waals surface area contributed by atoms with Gasteiger partial charge in [0.2, 0.25) is 6.08 Å². The maximum Gasteiger partial charge on any atom is 0.235 e. The maximum absolute atomic E-state index is 10.4. The molecular weight excluding hydrogens is 250 g/mol. The van der Waals surface area contributed by atoms with E-state index < -0.39 is 0 Å². The Morgan fingerprint density at radius 2 is 2.22 bits per heavy atom. The van der Waals surface area contributed by atoms with Gasteiger partial charge in [-0.1, -0.05) is 17.7 Å². The zero-order valence-corrected chi connectivity index (χ0v) is 10.7. The number of isocyanates is 1. The van der Waals surface area contributed by atoms with Crippen LogP contribution in [0.1, 0.15) is 31.2 Å². The van der Waals surface area contributed by atoms with Crippen LogP contribution in [0.15, 0.2) is 23.2 Å². The summed E-state index contributed by atoms with van der Waals surface area (Å²) in [5.74, 6) is 1.42. The van der Waals surface area contributed by atoms with Gasteiger partial charge in [0, 0.05) is 0 Å². The fourth-order valence-corrected chi connectivity index (χ4v) is 2.31. The summed E-state index contributed by atoms with van der Waals surface area (Å²) >= 11 is 6.20. The number of hydrogen-bond donors (Lipinski definition) is 0. The number of nitrogens with zero attached hydrogens (tertiary/aromatic N) is 1. The van der Waals surface area contributed by atoms with E-state index in [4.69, 9.17) is 16.3 Å². The van der Waals surface area contributed by atoms with Gasteiger partial charge in [-0.2, -0.15) is 4.99 Å². The standard InChI is InChI=1S/C14H14ClNO2/c15-12-7-11(14(5-6-14)16-9-17)3-4-13(12)18-8-10-1-2-10/h3-4,7,10H,1-2,5-6,8H2. The summed E-state index contributed by atoms with van der Waals surface area (Å²) in [5, 5.41) is 0.598. The first-order chi connectivity index (χ1) is 8.73. The first-order valence-electron chi connectivity index (χ1n) is 6.25. The molecule has 0 bridgehead atoms. The molecule has 0 aromatic heterocycles. The van der Waals surface area contributed by atoms with Crippen LogP contribution in [-0.4, -0.2) is 12.7 Å². The van der Waals surface area contributed by atoms with Crippen LogP contribution in [0.4, 0.5) is 0 Å². The monoisotopic (exact) mass is 263 g/mol. The molecular formula is C14H14ClNO2. The number of rotatable bonds is 5. The van der Waals surface area contributed by atoms with E-state index in [0.29, 0.717) is 10.9 Å². The second kappa shape index (κ2) is 4.42. The third-order valence-corrected chi connectivity index (χ3v) is 3.92. The highest BCUT2D eigenvalue weighted by molar-refractivity contribution is 6.32. The van der Waals surface area contributed by atoms with Gasteiger partial charge in [-0.05, 0) is 49.3 Å². The molecule has 1 aromatic rings. The molecule has 0 radical (unpaired) electrons. The summed E-state index contributed by atoms with van der Waals surface area (Å²) in [7, 11) is 0. The van der Waals surface area contributed by atoms with Crippen LogP contribution in [0.5, 0.6) is 5.75 Å². The van der Waals surface area contributed by atoms with Crippen LogP contribution >= 0.6 is 11.6 Å². The van der Waals surface area contributed by atoms with E-state index >= 15 is 0 Å². The smallest absolute Gasteiger partial charge is 0.235 e. The minimum absolute atomic E-state index is 0.361. The molecule has 2 aliphatic rings. The molecule has 18 heavy (non-hydrogen) atoms. The Bertz CT molecular complexity index is 515. The molecule has 0 aliphatic heterocycles. The van der Waals surface area contributed by atoms with Gasteiger partial charge in [-0.25, -0.2) is 4.79 Å². The predicted molar refractivity (Wildman–Crippen MR) is 68.7 cm³/mol. The molecule has 0 spiro atoms. The number of carbonyl (C=O) groups excluding carboxylic acids is 1. The third-order valence-electron chi connectivity index (χ3n) is 3.62. The second-order valence-corrected chi connectivity index (χ2v) is 5.54. The maximum atomic E-state index is 10.4. The van der Waals surface area contributed by atoms with Crippen molar-refractivity contribution >= 4 is 17.7 Å². The largest absolute Gasteiger partial charge is 0.492 e. The predicted octanol–water partition coefficient (Wildman–Crippen LogP) is 3.45. The number of halogens is 1. The van der Waals surface area contributed by atoms with Crippen molar-refractivity contribution in [2.45, 2.75) is 31.2 Å². The Kier molecular flexibility index (Phi) is 2.89. The number of aliphatic imine (C=N–C) groups is 1. The summed E-state index contributed by atoms with van der Waals surface area (Å²) in [6.45, 7) is 0.747. The molecule has 0 amide bonds. The van der Waals surface area contributed by atoms with E-state index in [9.17, 15) is 4.79 Å². The van der Waals surface area contributed by atoms with Crippen molar-refractivity contribution < 1.29 is 9.53 Å². The lowest BCUT2D eigenvalue weighted by atomic mass is 10.1. The van der Waals surface area contributed by atoms with Gasteiger partial charge in [0.15, 0.2) is 0 Å². The van der Waals surface area contributed by atoms with Gasteiger partial charge in [0.1, 0.15) is 5.75 Å². The Balaban J connectivity index is 1.77. The van der Waals surface area contributed by atoms with Crippen LogP contribution in [0.2, 0.25) is 5.02 Å². The Labute approximate surface area is 111 Å². The summed E-state index contributed by atoms with van der Waals surface area (Å²) < 4.78 is 5.67. The zero-order valence-electron chi connectivity index (χ0n) is 9.99. The number of ether oxygens (including phenoxy) is 1. The van der Waals surface area contributed by atoms with Crippen molar-refractivity contribution in [2.24, 2.45) is 10.9 Å². The molecule has 2 aliphatic carbocycles. The first-order valence-corrected chi connectivity index (χ1v) is 6.63. The highest BCUT2D eigenvalue weighted by atomic mass is 35.5. The Morgan fingerprint density at radius 3 is 2.78 bits per heavy atom. The van der Waals surface area contributed by atoms with Crippen LogP contribution in [0.25, 0.3) is 0 Å². The van der Waals surface area contributed by atoms with Gasteiger partial charge in [-0.15, -0.1) is 0 Å². The van der Waals surface area contributed by atoms with Gasteiger partial charge in [-0.3, -0.25) is 0 Å². The van der Waals surface area contributed by atoms with Crippen molar-refractivity contribution in [2.75, 3.05) is 6.61 Å². The molecule has 0 saturated heterocycles. The lowest BCUT2D eigenvalue weighted by Gasteiger charge is -2.12. The SMILES string of the molecule is O=C=NC1(c2ccc(OCC3CC3)c(Cl)c2)CC1. The molecule has 0 atom stereocenters. The van der Waals surface area contributed by atoms with Crippen LogP contribution in [0.3, 0.4) is 0 Å². The zero-order chi connectivity index (χ0) is 12.6. The molecule has 0 unspecified atom stereocenters. The van der Waals surface area contributed by atoms with Gasteiger partial charge >= 0.3 is 0 Å². The normalized spacial score (nSPS) is 20.1. The second-order valence-electron chi connectivity index (χ2n) is 5.13. The van der Waals surface area contributed by atoms with Gasteiger partial charge in [0.05, 0.1) is 17.2 Å². The van der Waals surface area contributed by atoms with Crippen molar-refractivity contribution in [1.82, 2.24) is 0 Å². The number of benzene rings is 1. The summed E-state index contributed by atoms with van der Waals surface area (Å²) in [5.41, 5.74) is 0.620. The Hall–Kier alpha value is -1.31. The molecule has 1 aromatic carbocycles.